The summed E-state index contributed by atoms with van der Waals surface area (Å²) in [6.07, 6.45) is 0.800. The molecule has 1 fully saturated rings. The van der Waals surface area contributed by atoms with E-state index in [0.29, 0.717) is 24.0 Å². The van der Waals surface area contributed by atoms with Crippen molar-refractivity contribution in [1.29, 1.82) is 0 Å². The van der Waals surface area contributed by atoms with E-state index in [9.17, 15) is 22.3 Å². The molecule has 3 aromatic carbocycles. The van der Waals surface area contributed by atoms with E-state index in [1.807, 2.05) is 0 Å². The first-order chi connectivity index (χ1) is 14.8. The third-order valence-corrected chi connectivity index (χ3v) is 7.91. The molecule has 7 heteroatoms. The summed E-state index contributed by atoms with van der Waals surface area (Å²) in [6.45, 7) is 0.485. The number of halogens is 2. The van der Waals surface area contributed by atoms with Crippen molar-refractivity contribution in [1.82, 2.24) is 4.31 Å². The number of nitrogens with zero attached hydrogens (tertiary/aromatic N) is 1. The summed E-state index contributed by atoms with van der Waals surface area (Å²) < 4.78 is 54.3. The summed E-state index contributed by atoms with van der Waals surface area (Å²) in [5.41, 5.74) is -0.515. The number of benzene rings is 3. The van der Waals surface area contributed by atoms with E-state index in [1.54, 1.807) is 30.3 Å². The van der Waals surface area contributed by atoms with Crippen LogP contribution >= 0.6 is 0 Å². The number of sulfonamides is 1. The predicted molar refractivity (Wildman–Crippen MR) is 114 cm³/mol. The van der Waals surface area contributed by atoms with Crippen molar-refractivity contribution in [2.75, 3.05) is 13.1 Å². The van der Waals surface area contributed by atoms with Crippen LogP contribution in [0.4, 0.5) is 8.78 Å². The molecule has 4 rings (SSSR count). The largest absolute Gasteiger partial charge is 0.380 e. The van der Waals surface area contributed by atoms with E-state index in [0.717, 1.165) is 0 Å². The minimum atomic E-state index is -3.62. The Hall–Kier alpha value is -2.61. The van der Waals surface area contributed by atoms with Crippen LogP contribution in [0.5, 0.6) is 0 Å². The molecule has 0 radical (unpaired) electrons. The summed E-state index contributed by atoms with van der Waals surface area (Å²) in [6, 6.07) is 19.4. The van der Waals surface area contributed by atoms with Crippen molar-refractivity contribution in [3.05, 3.63) is 102 Å². The van der Waals surface area contributed by atoms with Crippen LogP contribution in [0.1, 0.15) is 24.0 Å². The number of hydrogen-bond donors (Lipinski definition) is 1. The fourth-order valence-electron chi connectivity index (χ4n) is 4.30. The quantitative estimate of drug-likeness (QED) is 0.640. The second-order valence-electron chi connectivity index (χ2n) is 7.77. The average molecular weight is 444 g/mol. The fourth-order valence-corrected chi connectivity index (χ4v) is 5.79. The molecule has 1 aliphatic heterocycles. The minimum absolute atomic E-state index is 0.237. The van der Waals surface area contributed by atoms with Crippen LogP contribution in [-0.2, 0) is 15.6 Å². The van der Waals surface area contributed by atoms with Gasteiger partial charge >= 0.3 is 0 Å². The second-order valence-corrected chi connectivity index (χ2v) is 9.71. The Morgan fingerprint density at radius 2 is 1.23 bits per heavy atom. The van der Waals surface area contributed by atoms with Gasteiger partial charge in [0.1, 0.15) is 17.2 Å². The summed E-state index contributed by atoms with van der Waals surface area (Å²) in [5.74, 6) is -1.17. The Labute approximate surface area is 180 Å². The van der Waals surface area contributed by atoms with Crippen LogP contribution in [0.15, 0.2) is 83.8 Å². The Morgan fingerprint density at radius 3 is 1.68 bits per heavy atom. The fraction of sp³-hybridized carbons (Fsp3) is 0.250. The Balaban J connectivity index is 1.64. The van der Waals surface area contributed by atoms with Gasteiger partial charge in [0.05, 0.1) is 4.90 Å². The molecule has 162 valence electrons. The van der Waals surface area contributed by atoms with Gasteiger partial charge in [0, 0.05) is 13.1 Å². The van der Waals surface area contributed by atoms with Crippen LogP contribution in [0.25, 0.3) is 0 Å². The number of hydrogen-bond acceptors (Lipinski definition) is 3. The highest BCUT2D eigenvalue weighted by Gasteiger charge is 2.43. The number of piperidine rings is 1. The summed E-state index contributed by atoms with van der Waals surface area (Å²) in [7, 11) is -3.62. The molecule has 0 unspecified atom stereocenters. The van der Waals surface area contributed by atoms with Gasteiger partial charge in [0.25, 0.3) is 0 Å². The SMILES string of the molecule is O=S(=O)(c1ccccc1)N1CCC(C(O)(c2ccc(F)cc2)c2ccc(F)cc2)CC1. The van der Waals surface area contributed by atoms with Crippen LogP contribution in [0.3, 0.4) is 0 Å². The van der Waals surface area contributed by atoms with Crippen LogP contribution in [0, 0.1) is 17.6 Å². The molecule has 0 amide bonds. The Morgan fingerprint density at radius 1 is 0.774 bits per heavy atom. The van der Waals surface area contributed by atoms with Crippen molar-refractivity contribution in [3.8, 4) is 0 Å². The third-order valence-electron chi connectivity index (χ3n) is 5.99. The van der Waals surface area contributed by atoms with E-state index >= 15 is 0 Å². The van der Waals surface area contributed by atoms with Crippen molar-refractivity contribution in [2.24, 2.45) is 5.92 Å². The van der Waals surface area contributed by atoms with Crippen molar-refractivity contribution < 1.29 is 22.3 Å². The first-order valence-corrected chi connectivity index (χ1v) is 11.6. The lowest BCUT2D eigenvalue weighted by atomic mass is 9.72. The molecular formula is C24H23F2NO3S. The first kappa shape index (κ1) is 21.6. The molecule has 0 aliphatic carbocycles. The van der Waals surface area contributed by atoms with Gasteiger partial charge in [-0.1, -0.05) is 42.5 Å². The molecule has 1 heterocycles. The van der Waals surface area contributed by atoms with E-state index in [1.165, 1.54) is 52.8 Å². The smallest absolute Gasteiger partial charge is 0.243 e. The topological polar surface area (TPSA) is 57.6 Å². The second kappa shape index (κ2) is 8.49. The first-order valence-electron chi connectivity index (χ1n) is 10.1. The molecule has 0 spiro atoms. The van der Waals surface area contributed by atoms with Crippen molar-refractivity contribution in [3.63, 3.8) is 0 Å². The zero-order chi connectivity index (χ0) is 22.1. The molecule has 0 bridgehead atoms. The van der Waals surface area contributed by atoms with Gasteiger partial charge in [0.15, 0.2) is 0 Å². The molecular weight excluding hydrogens is 420 g/mol. The van der Waals surface area contributed by atoms with E-state index in [-0.39, 0.29) is 23.9 Å². The van der Waals surface area contributed by atoms with E-state index in [2.05, 4.69) is 0 Å². The van der Waals surface area contributed by atoms with Gasteiger partial charge < -0.3 is 5.11 Å². The van der Waals surface area contributed by atoms with Gasteiger partial charge in [-0.2, -0.15) is 4.31 Å². The zero-order valence-electron chi connectivity index (χ0n) is 16.8. The van der Waals surface area contributed by atoms with Gasteiger partial charge in [-0.05, 0) is 66.3 Å². The summed E-state index contributed by atoms with van der Waals surface area (Å²) >= 11 is 0. The zero-order valence-corrected chi connectivity index (χ0v) is 17.6. The number of rotatable bonds is 5. The van der Waals surface area contributed by atoms with Crippen LogP contribution in [-0.4, -0.2) is 30.9 Å². The highest BCUT2D eigenvalue weighted by Crippen LogP contribution is 2.42. The number of aliphatic hydroxyl groups is 1. The normalized spacial score (nSPS) is 16.4. The highest BCUT2D eigenvalue weighted by atomic mass is 32.2. The van der Waals surface area contributed by atoms with Crippen LogP contribution in [0.2, 0.25) is 0 Å². The monoisotopic (exact) mass is 443 g/mol. The predicted octanol–water partition coefficient (Wildman–Crippen LogP) is 4.30. The molecule has 3 aromatic rings. The van der Waals surface area contributed by atoms with Gasteiger partial charge in [-0.3, -0.25) is 0 Å². The summed E-state index contributed by atoms with van der Waals surface area (Å²) in [5, 5.41) is 11.9. The standard InChI is InChI=1S/C24H23F2NO3S/c25-21-10-6-18(7-11-21)24(28,19-8-12-22(26)13-9-19)20-14-16-27(17-15-20)31(29,30)23-4-2-1-3-5-23/h1-13,20,28H,14-17H2. The molecule has 1 saturated heterocycles. The Kier molecular flexibility index (Phi) is 5.92. The van der Waals surface area contributed by atoms with Gasteiger partial charge in [-0.25, -0.2) is 17.2 Å². The molecule has 0 saturated carbocycles. The third kappa shape index (κ3) is 4.13. The minimum Gasteiger partial charge on any atom is -0.380 e. The average Bonchev–Trinajstić information content (AvgIpc) is 2.80. The molecule has 1 aliphatic rings. The lowest BCUT2D eigenvalue weighted by molar-refractivity contribution is -0.00540. The van der Waals surface area contributed by atoms with Gasteiger partial charge in [-0.15, -0.1) is 0 Å². The molecule has 1 N–H and O–H groups in total. The Bertz CT molecular complexity index is 1080. The lowest BCUT2D eigenvalue weighted by Gasteiger charge is -2.42. The summed E-state index contributed by atoms with van der Waals surface area (Å²) in [4.78, 5) is 0.237. The van der Waals surface area contributed by atoms with E-state index < -0.39 is 27.3 Å². The maximum atomic E-state index is 13.5. The van der Waals surface area contributed by atoms with Crippen LogP contribution < -0.4 is 0 Å². The maximum Gasteiger partial charge on any atom is 0.243 e. The van der Waals surface area contributed by atoms with Crippen molar-refractivity contribution >= 4 is 10.0 Å². The molecule has 4 nitrogen and oxygen atoms in total. The molecule has 0 aromatic heterocycles. The van der Waals surface area contributed by atoms with E-state index in [4.69, 9.17) is 0 Å². The van der Waals surface area contributed by atoms with Crippen molar-refractivity contribution in [2.45, 2.75) is 23.3 Å². The van der Waals surface area contributed by atoms with Gasteiger partial charge in [0.2, 0.25) is 10.0 Å². The maximum absolute atomic E-state index is 13.5. The highest BCUT2D eigenvalue weighted by molar-refractivity contribution is 7.89. The lowest BCUT2D eigenvalue weighted by Crippen LogP contribution is -2.46. The molecule has 31 heavy (non-hydrogen) atoms. The molecule has 0 atom stereocenters.